The zero-order chi connectivity index (χ0) is 16.2. The number of methoxy groups -OCH3 is 1. The number of hydrogen-bond donors (Lipinski definition) is 1. The monoisotopic (exact) mass is 324 g/mol. The fourth-order valence-electron chi connectivity index (χ4n) is 2.65. The highest BCUT2D eigenvalue weighted by Crippen LogP contribution is 2.33. The van der Waals surface area contributed by atoms with Gasteiger partial charge in [0.1, 0.15) is 5.54 Å². The summed E-state index contributed by atoms with van der Waals surface area (Å²) in [4.78, 5) is 26.3. The Hall–Kier alpha value is -1.59. The quantitative estimate of drug-likeness (QED) is 0.814. The second-order valence-corrected chi connectivity index (χ2v) is 6.00. The number of carbonyl (C=O) groups is 2. The maximum atomic E-state index is 12.5. The molecular formula is C16H21ClN2O3. The number of hydrogen-bond acceptors (Lipinski definition) is 3. The normalized spacial score (nSPS) is 21.2. The van der Waals surface area contributed by atoms with Gasteiger partial charge in [0.25, 0.3) is 0 Å². The molecule has 0 unspecified atom stereocenters. The molecule has 5 nitrogen and oxygen atoms in total. The molecule has 0 saturated carbocycles. The standard InChI is InChI=1S/C16H21ClN2O3/c1-16(15(21)18-9-10-22-2)8-7-14(20)19(16)11-12-5-3-4-6-13(12)17/h3-6H,7-11H2,1-2H3,(H,18,21)/t16-/m1/s1. The summed E-state index contributed by atoms with van der Waals surface area (Å²) in [6.45, 7) is 3.02. The Kier molecular flexibility index (Phi) is 5.42. The predicted molar refractivity (Wildman–Crippen MR) is 84.5 cm³/mol. The third kappa shape index (κ3) is 3.42. The molecule has 0 spiro atoms. The molecule has 22 heavy (non-hydrogen) atoms. The second kappa shape index (κ2) is 7.11. The van der Waals surface area contributed by atoms with Crippen LogP contribution in [-0.4, -0.2) is 42.5 Å². The van der Waals surface area contributed by atoms with Crippen LogP contribution < -0.4 is 5.32 Å². The SMILES string of the molecule is COCCNC(=O)[C@@]1(C)CCC(=O)N1Cc1ccccc1Cl. The molecule has 0 radical (unpaired) electrons. The van der Waals surface area contributed by atoms with Gasteiger partial charge in [-0.05, 0) is 25.0 Å². The molecule has 1 aromatic carbocycles. The Morgan fingerprint density at radius 3 is 2.86 bits per heavy atom. The van der Waals surface area contributed by atoms with Crippen LogP contribution in [0.25, 0.3) is 0 Å². The summed E-state index contributed by atoms with van der Waals surface area (Å²) in [5.41, 5.74) is -0.000358. The van der Waals surface area contributed by atoms with Gasteiger partial charge < -0.3 is 15.0 Å². The number of nitrogens with one attached hydrogen (secondary N) is 1. The Balaban J connectivity index is 2.14. The van der Waals surface area contributed by atoms with E-state index < -0.39 is 5.54 Å². The molecule has 1 fully saturated rings. The van der Waals surface area contributed by atoms with Crippen molar-refractivity contribution in [2.75, 3.05) is 20.3 Å². The number of nitrogens with zero attached hydrogens (tertiary/aromatic N) is 1. The number of ether oxygens (including phenoxy) is 1. The van der Waals surface area contributed by atoms with Crippen molar-refractivity contribution in [2.45, 2.75) is 31.8 Å². The van der Waals surface area contributed by atoms with Crippen molar-refractivity contribution in [2.24, 2.45) is 0 Å². The van der Waals surface area contributed by atoms with E-state index >= 15 is 0 Å². The molecule has 1 aliphatic rings. The maximum absolute atomic E-state index is 12.5. The molecule has 1 saturated heterocycles. The number of amides is 2. The van der Waals surface area contributed by atoms with Crippen LogP contribution in [0.1, 0.15) is 25.3 Å². The van der Waals surface area contributed by atoms with Gasteiger partial charge in [-0.2, -0.15) is 0 Å². The Morgan fingerprint density at radius 1 is 1.45 bits per heavy atom. The molecule has 1 atom stereocenters. The lowest BCUT2D eigenvalue weighted by Gasteiger charge is -2.34. The average Bonchev–Trinajstić information content (AvgIpc) is 2.79. The van der Waals surface area contributed by atoms with Crippen LogP contribution >= 0.6 is 11.6 Å². The minimum absolute atomic E-state index is 0.0238. The van der Waals surface area contributed by atoms with Crippen molar-refractivity contribution in [1.29, 1.82) is 0 Å². The van der Waals surface area contributed by atoms with Crippen LogP contribution in [0.3, 0.4) is 0 Å². The molecule has 1 heterocycles. The minimum atomic E-state index is -0.843. The molecule has 1 N–H and O–H groups in total. The highest BCUT2D eigenvalue weighted by atomic mass is 35.5. The molecular weight excluding hydrogens is 304 g/mol. The zero-order valence-corrected chi connectivity index (χ0v) is 13.7. The Bertz CT molecular complexity index is 564. The molecule has 1 aromatic rings. The molecule has 120 valence electrons. The van der Waals surface area contributed by atoms with Gasteiger partial charge in [0.15, 0.2) is 0 Å². The largest absolute Gasteiger partial charge is 0.383 e. The first kappa shape index (κ1) is 16.8. The van der Waals surface area contributed by atoms with Gasteiger partial charge in [-0.3, -0.25) is 9.59 Å². The maximum Gasteiger partial charge on any atom is 0.245 e. The van der Waals surface area contributed by atoms with Crippen molar-refractivity contribution in [3.05, 3.63) is 34.9 Å². The van der Waals surface area contributed by atoms with Gasteiger partial charge in [-0.15, -0.1) is 0 Å². The smallest absolute Gasteiger partial charge is 0.245 e. The van der Waals surface area contributed by atoms with Gasteiger partial charge in [0.05, 0.1) is 6.61 Å². The van der Waals surface area contributed by atoms with E-state index in [-0.39, 0.29) is 11.8 Å². The summed E-state index contributed by atoms with van der Waals surface area (Å²) in [7, 11) is 1.58. The van der Waals surface area contributed by atoms with Crippen LogP contribution in [0.15, 0.2) is 24.3 Å². The third-order valence-corrected chi connectivity index (χ3v) is 4.46. The molecule has 0 bridgehead atoms. The van der Waals surface area contributed by atoms with E-state index in [2.05, 4.69) is 5.32 Å². The van der Waals surface area contributed by atoms with Gasteiger partial charge >= 0.3 is 0 Å². The lowest BCUT2D eigenvalue weighted by molar-refractivity contribution is -0.141. The summed E-state index contributed by atoms with van der Waals surface area (Å²) < 4.78 is 4.93. The number of likely N-dealkylation sites (tertiary alicyclic amines) is 1. The Morgan fingerprint density at radius 2 is 2.18 bits per heavy atom. The predicted octanol–water partition coefficient (Wildman–Crippen LogP) is 1.98. The fraction of sp³-hybridized carbons (Fsp3) is 0.500. The van der Waals surface area contributed by atoms with E-state index in [1.54, 1.807) is 25.0 Å². The van der Waals surface area contributed by atoms with Gasteiger partial charge in [-0.25, -0.2) is 0 Å². The van der Waals surface area contributed by atoms with Crippen LogP contribution in [0, 0.1) is 0 Å². The highest BCUT2D eigenvalue weighted by molar-refractivity contribution is 6.31. The first-order valence-corrected chi connectivity index (χ1v) is 7.68. The molecule has 1 aliphatic heterocycles. The molecule has 2 amide bonds. The van der Waals surface area contributed by atoms with E-state index in [0.29, 0.717) is 37.6 Å². The van der Waals surface area contributed by atoms with E-state index in [0.717, 1.165) is 5.56 Å². The summed E-state index contributed by atoms with van der Waals surface area (Å²) in [5, 5.41) is 3.43. The number of rotatable bonds is 6. The molecule has 2 rings (SSSR count). The summed E-state index contributed by atoms with van der Waals surface area (Å²) in [6.07, 6.45) is 0.883. The van der Waals surface area contributed by atoms with Crippen molar-refractivity contribution in [1.82, 2.24) is 10.2 Å². The van der Waals surface area contributed by atoms with E-state index in [9.17, 15) is 9.59 Å². The Labute approximate surface area is 135 Å². The summed E-state index contributed by atoms with van der Waals surface area (Å²) in [6, 6.07) is 7.37. The first-order chi connectivity index (χ1) is 10.5. The average molecular weight is 325 g/mol. The van der Waals surface area contributed by atoms with Crippen LogP contribution in [0.5, 0.6) is 0 Å². The van der Waals surface area contributed by atoms with Crippen molar-refractivity contribution in [3.63, 3.8) is 0 Å². The molecule has 0 aliphatic carbocycles. The van der Waals surface area contributed by atoms with Crippen molar-refractivity contribution in [3.8, 4) is 0 Å². The number of carbonyl (C=O) groups excluding carboxylic acids is 2. The lowest BCUT2D eigenvalue weighted by atomic mass is 9.97. The van der Waals surface area contributed by atoms with Crippen molar-refractivity contribution < 1.29 is 14.3 Å². The summed E-state index contributed by atoms with van der Waals surface area (Å²) in [5.74, 6) is -0.174. The summed E-state index contributed by atoms with van der Waals surface area (Å²) >= 11 is 6.17. The zero-order valence-electron chi connectivity index (χ0n) is 12.9. The van der Waals surface area contributed by atoms with E-state index in [1.165, 1.54) is 0 Å². The lowest BCUT2D eigenvalue weighted by Crippen LogP contribution is -2.54. The van der Waals surface area contributed by atoms with Gasteiger partial charge in [0.2, 0.25) is 11.8 Å². The van der Waals surface area contributed by atoms with Crippen molar-refractivity contribution >= 4 is 23.4 Å². The van der Waals surface area contributed by atoms with Crippen LogP contribution in [-0.2, 0) is 20.9 Å². The van der Waals surface area contributed by atoms with E-state index in [4.69, 9.17) is 16.3 Å². The van der Waals surface area contributed by atoms with Crippen LogP contribution in [0.4, 0.5) is 0 Å². The van der Waals surface area contributed by atoms with E-state index in [1.807, 2.05) is 18.2 Å². The third-order valence-electron chi connectivity index (χ3n) is 4.09. The van der Waals surface area contributed by atoms with Crippen LogP contribution in [0.2, 0.25) is 5.02 Å². The first-order valence-electron chi connectivity index (χ1n) is 7.30. The second-order valence-electron chi connectivity index (χ2n) is 5.59. The number of benzene rings is 1. The highest BCUT2D eigenvalue weighted by Gasteiger charge is 2.47. The minimum Gasteiger partial charge on any atom is -0.383 e. The van der Waals surface area contributed by atoms with Gasteiger partial charge in [0, 0.05) is 31.6 Å². The van der Waals surface area contributed by atoms with Gasteiger partial charge in [-0.1, -0.05) is 29.8 Å². The number of halogens is 1. The topological polar surface area (TPSA) is 58.6 Å². The molecule has 0 aromatic heterocycles. The fourth-order valence-corrected chi connectivity index (χ4v) is 2.84. The molecule has 6 heteroatoms.